The lowest BCUT2D eigenvalue weighted by Crippen LogP contribution is -2.70. The molecule has 3 amide bonds. The molecule has 0 aliphatic carbocycles. The van der Waals surface area contributed by atoms with Crippen LogP contribution < -0.4 is 10.6 Å². The summed E-state index contributed by atoms with van der Waals surface area (Å²) in [7, 11) is 0. The zero-order valence-electron chi connectivity index (χ0n) is 14.6. The Bertz CT molecular complexity index is 921. The first-order valence-electron chi connectivity index (χ1n) is 8.23. The molecule has 2 atom stereocenters. The van der Waals surface area contributed by atoms with Crippen LogP contribution in [0.5, 0.6) is 0 Å². The van der Waals surface area contributed by atoms with Crippen LogP contribution >= 0.6 is 50.9 Å². The van der Waals surface area contributed by atoms with E-state index in [1.54, 1.807) is 6.07 Å². The van der Waals surface area contributed by atoms with Crippen LogP contribution in [0.3, 0.4) is 0 Å². The van der Waals surface area contributed by atoms with Crippen molar-refractivity contribution < 1.29 is 24.3 Å². The highest BCUT2D eigenvalue weighted by Gasteiger charge is 2.54. The average molecular weight is 523 g/mol. The van der Waals surface area contributed by atoms with E-state index in [1.165, 1.54) is 23.9 Å². The number of carboxylic acids is 1. The van der Waals surface area contributed by atoms with Gasteiger partial charge in [0.1, 0.15) is 17.1 Å². The fourth-order valence-electron chi connectivity index (χ4n) is 3.02. The van der Waals surface area contributed by atoms with Gasteiger partial charge in [0.2, 0.25) is 5.91 Å². The van der Waals surface area contributed by atoms with Crippen molar-refractivity contribution in [2.24, 2.45) is 0 Å². The molecule has 29 heavy (non-hydrogen) atoms. The first-order chi connectivity index (χ1) is 13.8. The fourth-order valence-corrected chi connectivity index (χ4v) is 5.10. The summed E-state index contributed by atoms with van der Waals surface area (Å²) in [6, 6.07) is 3.86. The summed E-state index contributed by atoms with van der Waals surface area (Å²) in [6.07, 6.45) is 0. The minimum atomic E-state index is -1.28. The zero-order valence-corrected chi connectivity index (χ0v) is 18.5. The number of amides is 3. The van der Waals surface area contributed by atoms with Crippen LogP contribution in [0.1, 0.15) is 10.4 Å². The van der Waals surface area contributed by atoms with E-state index in [1.807, 2.05) is 0 Å². The third-order valence-corrected chi connectivity index (χ3v) is 6.82. The van der Waals surface area contributed by atoms with Crippen molar-refractivity contribution in [1.82, 2.24) is 15.5 Å². The van der Waals surface area contributed by atoms with Crippen LogP contribution in [0.4, 0.5) is 0 Å². The van der Waals surface area contributed by atoms with Gasteiger partial charge in [0, 0.05) is 12.3 Å². The molecule has 1 saturated heterocycles. The second kappa shape index (κ2) is 8.95. The lowest BCUT2D eigenvalue weighted by Gasteiger charge is -2.49. The minimum absolute atomic E-state index is 0.0394. The molecule has 2 aliphatic heterocycles. The molecule has 8 nitrogen and oxygen atoms in total. The highest BCUT2D eigenvalue weighted by Crippen LogP contribution is 2.40. The zero-order chi connectivity index (χ0) is 21.3. The van der Waals surface area contributed by atoms with Gasteiger partial charge in [-0.2, -0.15) is 0 Å². The predicted octanol–water partition coefficient (Wildman–Crippen LogP) is 1.86. The van der Waals surface area contributed by atoms with E-state index >= 15 is 0 Å². The summed E-state index contributed by atoms with van der Waals surface area (Å²) in [5.41, 5.74) is 0.273. The quantitative estimate of drug-likeness (QED) is 0.388. The molecule has 12 heteroatoms. The first-order valence-corrected chi connectivity index (χ1v) is 11.2. The summed E-state index contributed by atoms with van der Waals surface area (Å²) < 4.78 is 0. The Morgan fingerprint density at radius 3 is 2.52 bits per heavy atom. The van der Waals surface area contributed by atoms with Crippen molar-refractivity contribution in [3.63, 3.8) is 0 Å². The third kappa shape index (κ3) is 4.25. The fraction of sp³-hybridized carbons (Fsp3) is 0.294. The number of benzene rings is 1. The summed E-state index contributed by atoms with van der Waals surface area (Å²) in [5.74, 6) is -2.44. The molecule has 1 unspecified atom stereocenters. The molecule has 3 rings (SSSR count). The van der Waals surface area contributed by atoms with Gasteiger partial charge in [-0.15, -0.1) is 11.8 Å². The van der Waals surface area contributed by atoms with Crippen molar-refractivity contribution in [3.05, 3.63) is 45.1 Å². The highest BCUT2D eigenvalue weighted by atomic mass is 79.9. The lowest BCUT2D eigenvalue weighted by atomic mass is 10.0. The number of alkyl halides is 1. The van der Waals surface area contributed by atoms with Crippen molar-refractivity contribution in [2.45, 2.75) is 11.4 Å². The number of thioether (sulfide) groups is 1. The minimum Gasteiger partial charge on any atom is -0.477 e. The van der Waals surface area contributed by atoms with Crippen molar-refractivity contribution >= 4 is 74.6 Å². The number of rotatable bonds is 6. The van der Waals surface area contributed by atoms with Crippen molar-refractivity contribution in [3.8, 4) is 0 Å². The van der Waals surface area contributed by atoms with Crippen LogP contribution in [0, 0.1) is 0 Å². The number of hydrogen-bond donors (Lipinski definition) is 3. The Balaban J connectivity index is 1.77. The Hall–Kier alpha value is -1.75. The number of nitrogens with one attached hydrogen (secondary N) is 2. The largest absolute Gasteiger partial charge is 0.477 e. The van der Waals surface area contributed by atoms with Crippen LogP contribution in [0.25, 0.3) is 0 Å². The standard InChI is InChI=1S/C17H14BrCl2N3O5S/c18-4-10(24)22-12-15(26)23-13(17(27)28)7(6-29-16(12)23)5-21-14(25)11-8(19)2-1-3-9(11)20/h1-3,12,16H,4-6H2,(H,21,25)(H,22,24)(H,27,28)/t12?,16-/m1/s1. The maximum absolute atomic E-state index is 12.4. The van der Waals surface area contributed by atoms with Gasteiger partial charge in [-0.3, -0.25) is 19.3 Å². The summed E-state index contributed by atoms with van der Waals surface area (Å²) in [6.45, 7) is -0.0933. The molecular formula is C17H14BrCl2N3O5S. The number of carboxylic acid groups (broad SMARTS) is 1. The number of aliphatic carboxylic acids is 1. The monoisotopic (exact) mass is 521 g/mol. The number of β-lactam (4-membered cyclic amide) rings is 1. The normalized spacial score (nSPS) is 20.7. The van der Waals surface area contributed by atoms with Gasteiger partial charge in [-0.25, -0.2) is 4.79 Å². The summed E-state index contributed by atoms with van der Waals surface area (Å²) in [5, 5.41) is 14.7. The molecule has 0 spiro atoms. The van der Waals surface area contributed by atoms with Crippen molar-refractivity contribution in [2.75, 3.05) is 17.6 Å². The van der Waals surface area contributed by atoms with Gasteiger partial charge in [0.15, 0.2) is 0 Å². The molecule has 3 N–H and O–H groups in total. The van der Waals surface area contributed by atoms with Crippen LogP contribution in [0.15, 0.2) is 29.5 Å². The number of carbonyl (C=O) groups is 4. The molecular weight excluding hydrogens is 509 g/mol. The van der Waals surface area contributed by atoms with Crippen LogP contribution in [0.2, 0.25) is 10.0 Å². The molecule has 0 radical (unpaired) electrons. The Morgan fingerprint density at radius 2 is 1.93 bits per heavy atom. The average Bonchev–Trinajstić information content (AvgIpc) is 2.69. The van der Waals surface area contributed by atoms with Gasteiger partial charge in [-0.1, -0.05) is 45.2 Å². The van der Waals surface area contributed by atoms with Crippen molar-refractivity contribution in [1.29, 1.82) is 0 Å². The van der Waals surface area contributed by atoms with E-state index in [0.29, 0.717) is 5.57 Å². The molecule has 154 valence electrons. The summed E-state index contributed by atoms with van der Waals surface area (Å²) >= 11 is 16.4. The maximum atomic E-state index is 12.4. The van der Waals surface area contributed by atoms with Crippen LogP contribution in [-0.2, 0) is 14.4 Å². The smallest absolute Gasteiger partial charge is 0.352 e. The van der Waals surface area contributed by atoms with E-state index in [0.717, 1.165) is 4.90 Å². The highest BCUT2D eigenvalue weighted by molar-refractivity contribution is 9.09. The number of halogens is 3. The van der Waals surface area contributed by atoms with E-state index in [-0.39, 0.29) is 44.8 Å². The van der Waals surface area contributed by atoms with E-state index in [9.17, 15) is 24.3 Å². The Kier molecular flexibility index (Phi) is 6.77. The van der Waals surface area contributed by atoms with E-state index in [4.69, 9.17) is 23.2 Å². The number of nitrogens with zero attached hydrogens (tertiary/aromatic N) is 1. The molecule has 0 saturated carbocycles. The third-order valence-electron chi connectivity index (χ3n) is 4.34. The molecule has 0 aromatic heterocycles. The topological polar surface area (TPSA) is 116 Å². The Labute approximate surface area is 188 Å². The van der Waals surface area contributed by atoms with Gasteiger partial charge >= 0.3 is 5.97 Å². The van der Waals surface area contributed by atoms with E-state index in [2.05, 4.69) is 26.6 Å². The second-order valence-electron chi connectivity index (χ2n) is 6.13. The van der Waals surface area contributed by atoms with Gasteiger partial charge in [0.05, 0.1) is 20.9 Å². The van der Waals surface area contributed by atoms with Gasteiger partial charge in [-0.05, 0) is 17.7 Å². The maximum Gasteiger partial charge on any atom is 0.352 e. The number of carbonyl (C=O) groups excluding carboxylic acids is 3. The molecule has 2 aliphatic rings. The number of hydrogen-bond acceptors (Lipinski definition) is 5. The Morgan fingerprint density at radius 1 is 1.28 bits per heavy atom. The predicted molar refractivity (Wildman–Crippen MR) is 112 cm³/mol. The molecule has 1 fully saturated rings. The molecule has 1 aromatic rings. The summed E-state index contributed by atoms with van der Waals surface area (Å²) in [4.78, 5) is 49.3. The lowest BCUT2D eigenvalue weighted by molar-refractivity contribution is -0.150. The SMILES string of the molecule is O=C(CBr)NC1C(=O)N2C(C(=O)O)=C(CNC(=O)c3c(Cl)cccc3Cl)CS[C@H]12. The van der Waals surface area contributed by atoms with Crippen LogP contribution in [-0.4, -0.2) is 62.7 Å². The molecule has 0 bridgehead atoms. The van der Waals surface area contributed by atoms with Gasteiger partial charge < -0.3 is 15.7 Å². The second-order valence-corrected chi connectivity index (χ2v) is 8.61. The molecule has 1 aromatic carbocycles. The van der Waals surface area contributed by atoms with E-state index < -0.39 is 29.2 Å². The first kappa shape index (κ1) is 21.9. The molecule has 2 heterocycles. The van der Waals surface area contributed by atoms with Gasteiger partial charge in [0.25, 0.3) is 11.8 Å². The number of fused-ring (bicyclic) bond motifs is 1.